The Morgan fingerprint density at radius 2 is 1.58 bits per heavy atom. The number of anilines is 1. The molecule has 0 bridgehead atoms. The van der Waals surface area contributed by atoms with E-state index < -0.39 is 10.0 Å². The van der Waals surface area contributed by atoms with E-state index >= 15 is 0 Å². The van der Waals surface area contributed by atoms with Crippen molar-refractivity contribution in [2.45, 2.75) is 38.6 Å². The van der Waals surface area contributed by atoms with E-state index in [1.54, 1.807) is 13.8 Å². The van der Waals surface area contributed by atoms with Crippen LogP contribution in [0, 0.1) is 13.8 Å². The Hall–Kier alpha value is -2.18. The predicted octanol–water partition coefficient (Wildman–Crippen LogP) is 3.24. The maximum absolute atomic E-state index is 12.3. The van der Waals surface area contributed by atoms with E-state index in [0.717, 1.165) is 11.1 Å². The molecule has 2 rings (SSSR count). The number of hydrogen-bond donors (Lipinski definition) is 2. The van der Waals surface area contributed by atoms with E-state index in [1.807, 2.05) is 32.0 Å². The van der Waals surface area contributed by atoms with Gasteiger partial charge in [-0.25, -0.2) is 13.1 Å². The van der Waals surface area contributed by atoms with Crippen LogP contribution in [0.2, 0.25) is 0 Å². The van der Waals surface area contributed by atoms with Crippen molar-refractivity contribution in [3.63, 3.8) is 0 Å². The number of carbonyl (C=O) groups excluding carboxylic acids is 1. The lowest BCUT2D eigenvalue weighted by Gasteiger charge is -2.10. The number of carbonyl (C=O) groups is 1. The van der Waals surface area contributed by atoms with E-state index in [0.29, 0.717) is 11.3 Å². The van der Waals surface area contributed by atoms with Gasteiger partial charge in [0.1, 0.15) is 0 Å². The summed E-state index contributed by atoms with van der Waals surface area (Å²) in [7, 11) is -3.55. The van der Waals surface area contributed by atoms with Gasteiger partial charge in [-0.05, 0) is 75.2 Å². The average molecular weight is 346 g/mol. The molecule has 0 atom stereocenters. The van der Waals surface area contributed by atoms with Crippen LogP contribution in [0.25, 0.3) is 0 Å². The Morgan fingerprint density at radius 1 is 0.958 bits per heavy atom. The summed E-state index contributed by atoms with van der Waals surface area (Å²) >= 11 is 0. The van der Waals surface area contributed by atoms with Crippen LogP contribution >= 0.6 is 0 Å². The molecule has 2 N–H and O–H groups in total. The molecule has 24 heavy (non-hydrogen) atoms. The minimum atomic E-state index is -3.55. The van der Waals surface area contributed by atoms with Crippen LogP contribution in [0.15, 0.2) is 47.4 Å². The Bertz CT molecular complexity index is 841. The molecule has 0 spiro atoms. The van der Waals surface area contributed by atoms with Crippen LogP contribution in [-0.4, -0.2) is 20.4 Å². The number of sulfonamides is 1. The first kappa shape index (κ1) is 18.2. The van der Waals surface area contributed by atoms with Crippen LogP contribution < -0.4 is 10.0 Å². The second-order valence-corrected chi connectivity index (χ2v) is 7.77. The summed E-state index contributed by atoms with van der Waals surface area (Å²) in [6.45, 7) is 7.49. The van der Waals surface area contributed by atoms with Gasteiger partial charge in [-0.3, -0.25) is 4.79 Å². The van der Waals surface area contributed by atoms with Crippen LogP contribution in [-0.2, 0) is 10.0 Å². The van der Waals surface area contributed by atoms with Crippen molar-refractivity contribution in [2.24, 2.45) is 0 Å². The Kier molecular flexibility index (Phi) is 5.41. The van der Waals surface area contributed by atoms with Gasteiger partial charge in [0.25, 0.3) is 5.91 Å². The molecule has 0 aliphatic heterocycles. The summed E-state index contributed by atoms with van der Waals surface area (Å²) in [5.41, 5.74) is 3.35. The predicted molar refractivity (Wildman–Crippen MR) is 95.8 cm³/mol. The van der Waals surface area contributed by atoms with Gasteiger partial charge in [-0.2, -0.15) is 0 Å². The zero-order chi connectivity index (χ0) is 17.9. The van der Waals surface area contributed by atoms with Crippen LogP contribution in [0.4, 0.5) is 5.69 Å². The van der Waals surface area contributed by atoms with Crippen LogP contribution in [0.1, 0.15) is 35.3 Å². The highest BCUT2D eigenvalue weighted by Gasteiger charge is 2.16. The van der Waals surface area contributed by atoms with Gasteiger partial charge < -0.3 is 5.32 Å². The van der Waals surface area contributed by atoms with Gasteiger partial charge >= 0.3 is 0 Å². The molecule has 5 nitrogen and oxygen atoms in total. The first-order valence-corrected chi connectivity index (χ1v) is 9.18. The van der Waals surface area contributed by atoms with Crippen molar-refractivity contribution in [1.82, 2.24) is 4.72 Å². The highest BCUT2D eigenvalue weighted by molar-refractivity contribution is 7.89. The van der Waals surface area contributed by atoms with E-state index in [1.165, 1.54) is 24.3 Å². The van der Waals surface area contributed by atoms with Crippen LogP contribution in [0.5, 0.6) is 0 Å². The van der Waals surface area contributed by atoms with Crippen molar-refractivity contribution in [2.75, 3.05) is 5.32 Å². The van der Waals surface area contributed by atoms with Gasteiger partial charge in [0.15, 0.2) is 0 Å². The fourth-order valence-electron chi connectivity index (χ4n) is 2.19. The molecule has 0 heterocycles. The molecule has 2 aromatic rings. The maximum atomic E-state index is 12.3. The van der Waals surface area contributed by atoms with E-state index in [9.17, 15) is 13.2 Å². The normalized spacial score (nSPS) is 11.5. The largest absolute Gasteiger partial charge is 0.322 e. The summed E-state index contributed by atoms with van der Waals surface area (Å²) in [5, 5.41) is 2.81. The van der Waals surface area contributed by atoms with Gasteiger partial charge in [0.05, 0.1) is 4.90 Å². The minimum Gasteiger partial charge on any atom is -0.322 e. The number of hydrogen-bond acceptors (Lipinski definition) is 3. The molecule has 1 amide bonds. The third kappa shape index (κ3) is 4.43. The molecule has 0 fully saturated rings. The molecule has 6 heteroatoms. The minimum absolute atomic E-state index is 0.138. The first-order valence-electron chi connectivity index (χ1n) is 7.70. The van der Waals surface area contributed by atoms with Crippen molar-refractivity contribution < 1.29 is 13.2 Å². The van der Waals surface area contributed by atoms with E-state index in [-0.39, 0.29) is 16.8 Å². The second kappa shape index (κ2) is 7.15. The molecular formula is C18H22N2O3S. The molecular weight excluding hydrogens is 324 g/mol. The van der Waals surface area contributed by atoms with E-state index in [2.05, 4.69) is 10.0 Å². The molecule has 0 radical (unpaired) electrons. The quantitative estimate of drug-likeness (QED) is 0.873. The van der Waals surface area contributed by atoms with Crippen LogP contribution in [0.3, 0.4) is 0 Å². The van der Waals surface area contributed by atoms with Crippen molar-refractivity contribution in [3.8, 4) is 0 Å². The lowest BCUT2D eigenvalue weighted by molar-refractivity contribution is 0.102. The summed E-state index contributed by atoms with van der Waals surface area (Å²) in [6, 6.07) is 11.4. The summed E-state index contributed by atoms with van der Waals surface area (Å²) in [4.78, 5) is 12.4. The smallest absolute Gasteiger partial charge is 0.255 e. The standard InChI is InChI=1S/C18H22N2O3S/c1-12(2)20-24(22,23)17-9-6-15(7-10-17)18(21)19-16-8-5-13(3)14(4)11-16/h5-12,20H,1-4H3,(H,19,21). The molecule has 0 saturated heterocycles. The highest BCUT2D eigenvalue weighted by Crippen LogP contribution is 2.16. The van der Waals surface area contributed by atoms with E-state index in [4.69, 9.17) is 0 Å². The number of benzene rings is 2. The number of rotatable bonds is 5. The SMILES string of the molecule is Cc1ccc(NC(=O)c2ccc(S(=O)(=O)NC(C)C)cc2)cc1C. The number of amides is 1. The zero-order valence-corrected chi connectivity index (χ0v) is 15.1. The lowest BCUT2D eigenvalue weighted by Crippen LogP contribution is -2.30. The summed E-state index contributed by atoms with van der Waals surface area (Å²) in [6.07, 6.45) is 0. The Labute approximate surface area is 143 Å². The molecule has 2 aromatic carbocycles. The average Bonchev–Trinajstić information content (AvgIpc) is 2.50. The van der Waals surface area contributed by atoms with Crippen molar-refractivity contribution in [3.05, 3.63) is 59.2 Å². The molecule has 0 aromatic heterocycles. The van der Waals surface area contributed by atoms with Gasteiger partial charge in [-0.15, -0.1) is 0 Å². The molecule has 128 valence electrons. The number of nitrogens with one attached hydrogen (secondary N) is 2. The highest BCUT2D eigenvalue weighted by atomic mass is 32.2. The first-order chi connectivity index (χ1) is 11.2. The third-order valence-electron chi connectivity index (χ3n) is 3.58. The zero-order valence-electron chi connectivity index (χ0n) is 14.3. The topological polar surface area (TPSA) is 75.3 Å². The molecule has 0 saturated carbocycles. The number of aryl methyl sites for hydroxylation is 2. The summed E-state index contributed by atoms with van der Waals surface area (Å²) in [5.74, 6) is -0.279. The lowest BCUT2D eigenvalue weighted by atomic mass is 10.1. The maximum Gasteiger partial charge on any atom is 0.255 e. The van der Waals surface area contributed by atoms with Gasteiger partial charge in [0.2, 0.25) is 10.0 Å². The van der Waals surface area contributed by atoms with Crippen molar-refractivity contribution in [1.29, 1.82) is 0 Å². The third-order valence-corrected chi connectivity index (χ3v) is 5.26. The summed E-state index contributed by atoms with van der Waals surface area (Å²) < 4.78 is 26.7. The Balaban J connectivity index is 2.15. The fourth-order valence-corrected chi connectivity index (χ4v) is 3.44. The molecule has 0 aliphatic carbocycles. The fraction of sp³-hybridized carbons (Fsp3) is 0.278. The monoisotopic (exact) mass is 346 g/mol. The van der Waals surface area contributed by atoms with Gasteiger partial charge in [0, 0.05) is 17.3 Å². The second-order valence-electron chi connectivity index (χ2n) is 6.05. The van der Waals surface area contributed by atoms with Crippen molar-refractivity contribution >= 4 is 21.6 Å². The molecule has 0 aliphatic rings. The Morgan fingerprint density at radius 3 is 2.12 bits per heavy atom. The van der Waals surface area contributed by atoms with Gasteiger partial charge in [-0.1, -0.05) is 6.07 Å². The molecule has 0 unspecified atom stereocenters.